The first-order valence-electron chi connectivity index (χ1n) is 5.22. The van der Waals surface area contributed by atoms with Crippen molar-refractivity contribution in [2.24, 2.45) is 0 Å². The second-order valence-electron chi connectivity index (χ2n) is 3.74. The average molecular weight is 293 g/mol. The Hall–Kier alpha value is -1.62. The van der Waals surface area contributed by atoms with E-state index in [9.17, 15) is 0 Å². The van der Waals surface area contributed by atoms with Crippen molar-refractivity contribution in [2.75, 3.05) is 11.1 Å². The molecule has 17 heavy (non-hydrogen) atoms. The summed E-state index contributed by atoms with van der Waals surface area (Å²) in [5.74, 6) is 1.06. The van der Waals surface area contributed by atoms with Gasteiger partial charge in [-0.1, -0.05) is 28.1 Å². The fraction of sp³-hybridized carbons (Fsp3) is 0.167. The molecule has 0 unspecified atom stereocenters. The highest BCUT2D eigenvalue weighted by Crippen LogP contribution is 2.15. The van der Waals surface area contributed by atoms with Crippen molar-refractivity contribution in [3.8, 4) is 0 Å². The molecule has 0 fully saturated rings. The Bertz CT molecular complexity index is 528. The summed E-state index contributed by atoms with van der Waals surface area (Å²) in [5.41, 5.74) is 7.71. The molecule has 3 N–H and O–H groups in total. The Morgan fingerprint density at radius 3 is 3.00 bits per heavy atom. The molecule has 0 radical (unpaired) electrons. The Morgan fingerprint density at radius 2 is 2.24 bits per heavy atom. The Labute approximate surface area is 108 Å². The number of nitrogen functional groups attached to an aromatic ring is 1. The molecule has 0 bridgehead atoms. The standard InChI is InChI=1S/C12H13BrN4/c1-8-6-16-12(14)17-11(8)15-7-9-3-2-4-10(13)5-9/h2-6H,7H2,1H3,(H3,14,15,16,17). The van der Waals surface area contributed by atoms with Gasteiger partial charge in [0.15, 0.2) is 0 Å². The highest BCUT2D eigenvalue weighted by molar-refractivity contribution is 9.10. The minimum Gasteiger partial charge on any atom is -0.368 e. The first-order valence-corrected chi connectivity index (χ1v) is 6.02. The summed E-state index contributed by atoms with van der Waals surface area (Å²) in [4.78, 5) is 8.08. The van der Waals surface area contributed by atoms with Crippen molar-refractivity contribution in [3.05, 3.63) is 46.1 Å². The van der Waals surface area contributed by atoms with Gasteiger partial charge >= 0.3 is 0 Å². The van der Waals surface area contributed by atoms with Crippen molar-refractivity contribution < 1.29 is 0 Å². The lowest BCUT2D eigenvalue weighted by Crippen LogP contribution is -2.06. The van der Waals surface area contributed by atoms with Gasteiger partial charge in [0.25, 0.3) is 0 Å². The SMILES string of the molecule is Cc1cnc(N)nc1NCc1cccc(Br)c1. The quantitative estimate of drug-likeness (QED) is 0.913. The van der Waals surface area contributed by atoms with E-state index in [2.05, 4.69) is 43.3 Å². The van der Waals surface area contributed by atoms with E-state index in [0.717, 1.165) is 15.9 Å². The molecule has 2 rings (SSSR count). The lowest BCUT2D eigenvalue weighted by molar-refractivity contribution is 1.07. The van der Waals surface area contributed by atoms with Crippen LogP contribution in [0.1, 0.15) is 11.1 Å². The predicted octanol–water partition coefficient (Wildman–Crippen LogP) is 2.74. The van der Waals surface area contributed by atoms with Gasteiger partial charge in [-0.15, -0.1) is 0 Å². The Kier molecular flexibility index (Phi) is 3.58. The number of halogens is 1. The van der Waals surface area contributed by atoms with Crippen LogP contribution in [0.4, 0.5) is 11.8 Å². The van der Waals surface area contributed by atoms with E-state index < -0.39 is 0 Å². The van der Waals surface area contributed by atoms with Crippen LogP contribution in [-0.2, 0) is 6.54 Å². The second-order valence-corrected chi connectivity index (χ2v) is 4.66. The molecule has 0 aliphatic carbocycles. The normalized spacial score (nSPS) is 10.2. The Balaban J connectivity index is 2.09. The lowest BCUT2D eigenvalue weighted by Gasteiger charge is -2.08. The van der Waals surface area contributed by atoms with Crippen LogP contribution in [0.15, 0.2) is 34.9 Å². The summed E-state index contributed by atoms with van der Waals surface area (Å²) in [6.45, 7) is 2.65. The molecule has 0 spiro atoms. The minimum absolute atomic E-state index is 0.285. The van der Waals surface area contributed by atoms with E-state index in [1.165, 1.54) is 5.56 Å². The molecular weight excluding hydrogens is 280 g/mol. The fourth-order valence-electron chi connectivity index (χ4n) is 1.47. The van der Waals surface area contributed by atoms with Gasteiger partial charge in [-0.05, 0) is 24.6 Å². The molecule has 0 amide bonds. The van der Waals surface area contributed by atoms with E-state index in [-0.39, 0.29) is 5.95 Å². The van der Waals surface area contributed by atoms with E-state index in [0.29, 0.717) is 6.54 Å². The molecule has 0 atom stereocenters. The minimum atomic E-state index is 0.285. The number of anilines is 2. The summed E-state index contributed by atoms with van der Waals surface area (Å²) in [7, 11) is 0. The van der Waals surface area contributed by atoms with Crippen LogP contribution in [-0.4, -0.2) is 9.97 Å². The number of nitrogens with two attached hydrogens (primary N) is 1. The maximum Gasteiger partial charge on any atom is 0.221 e. The van der Waals surface area contributed by atoms with E-state index in [1.807, 2.05) is 19.1 Å². The first kappa shape index (κ1) is 11.9. The molecule has 4 nitrogen and oxygen atoms in total. The number of nitrogens with zero attached hydrogens (tertiary/aromatic N) is 2. The summed E-state index contributed by atoms with van der Waals surface area (Å²) in [5, 5.41) is 3.25. The monoisotopic (exact) mass is 292 g/mol. The molecule has 0 aliphatic rings. The van der Waals surface area contributed by atoms with Gasteiger partial charge in [0.2, 0.25) is 5.95 Å². The molecule has 1 heterocycles. The topological polar surface area (TPSA) is 63.8 Å². The van der Waals surface area contributed by atoms with Gasteiger partial charge in [-0.25, -0.2) is 4.98 Å². The molecule has 88 valence electrons. The van der Waals surface area contributed by atoms with Crippen LogP contribution in [0.3, 0.4) is 0 Å². The fourth-order valence-corrected chi connectivity index (χ4v) is 1.91. The average Bonchev–Trinajstić information content (AvgIpc) is 2.30. The maximum atomic E-state index is 5.55. The first-order chi connectivity index (χ1) is 8.15. The van der Waals surface area contributed by atoms with Crippen LogP contribution < -0.4 is 11.1 Å². The highest BCUT2D eigenvalue weighted by Gasteiger charge is 2.01. The molecule has 1 aromatic heterocycles. The molecule has 2 aromatic rings. The van der Waals surface area contributed by atoms with Gasteiger partial charge in [-0.3, -0.25) is 0 Å². The zero-order valence-corrected chi connectivity index (χ0v) is 11.0. The third kappa shape index (κ3) is 3.17. The maximum absolute atomic E-state index is 5.55. The largest absolute Gasteiger partial charge is 0.368 e. The lowest BCUT2D eigenvalue weighted by atomic mass is 10.2. The van der Waals surface area contributed by atoms with Crippen molar-refractivity contribution in [1.29, 1.82) is 0 Å². The number of rotatable bonds is 3. The number of aromatic nitrogens is 2. The Morgan fingerprint density at radius 1 is 1.41 bits per heavy atom. The van der Waals surface area contributed by atoms with Crippen molar-refractivity contribution in [2.45, 2.75) is 13.5 Å². The zero-order valence-electron chi connectivity index (χ0n) is 9.44. The van der Waals surface area contributed by atoms with Gasteiger partial charge in [0.1, 0.15) is 5.82 Å². The molecule has 0 saturated carbocycles. The van der Waals surface area contributed by atoms with Crippen LogP contribution in [0.2, 0.25) is 0 Å². The van der Waals surface area contributed by atoms with E-state index in [4.69, 9.17) is 5.73 Å². The second kappa shape index (κ2) is 5.14. The van der Waals surface area contributed by atoms with Crippen LogP contribution in [0.5, 0.6) is 0 Å². The summed E-state index contributed by atoms with van der Waals surface area (Å²) in [6.07, 6.45) is 1.71. The van der Waals surface area contributed by atoms with Gasteiger partial charge in [0, 0.05) is 22.8 Å². The zero-order chi connectivity index (χ0) is 12.3. The third-order valence-corrected chi connectivity index (χ3v) is 2.83. The van der Waals surface area contributed by atoms with Crippen LogP contribution >= 0.6 is 15.9 Å². The smallest absolute Gasteiger partial charge is 0.221 e. The number of hydrogen-bond donors (Lipinski definition) is 2. The molecule has 5 heteroatoms. The molecule has 0 saturated heterocycles. The van der Waals surface area contributed by atoms with Gasteiger partial charge in [0.05, 0.1) is 0 Å². The van der Waals surface area contributed by atoms with E-state index in [1.54, 1.807) is 6.20 Å². The number of hydrogen-bond acceptors (Lipinski definition) is 4. The summed E-state index contributed by atoms with van der Waals surface area (Å²) < 4.78 is 1.07. The third-order valence-electron chi connectivity index (χ3n) is 2.34. The van der Waals surface area contributed by atoms with E-state index >= 15 is 0 Å². The van der Waals surface area contributed by atoms with Gasteiger partial charge < -0.3 is 11.1 Å². The molecular formula is C12H13BrN4. The number of benzene rings is 1. The van der Waals surface area contributed by atoms with Crippen molar-refractivity contribution in [1.82, 2.24) is 9.97 Å². The molecule has 0 aliphatic heterocycles. The van der Waals surface area contributed by atoms with Crippen LogP contribution in [0, 0.1) is 6.92 Å². The number of nitrogens with one attached hydrogen (secondary N) is 1. The van der Waals surface area contributed by atoms with Crippen LogP contribution in [0.25, 0.3) is 0 Å². The summed E-state index contributed by atoms with van der Waals surface area (Å²) >= 11 is 3.44. The van der Waals surface area contributed by atoms with Crippen molar-refractivity contribution in [3.63, 3.8) is 0 Å². The van der Waals surface area contributed by atoms with Gasteiger partial charge in [-0.2, -0.15) is 4.98 Å². The summed E-state index contributed by atoms with van der Waals surface area (Å²) in [6, 6.07) is 8.12. The molecule has 1 aromatic carbocycles. The predicted molar refractivity (Wildman–Crippen MR) is 72.7 cm³/mol. The van der Waals surface area contributed by atoms with Crippen molar-refractivity contribution >= 4 is 27.7 Å². The highest BCUT2D eigenvalue weighted by atomic mass is 79.9. The number of aryl methyl sites for hydroxylation is 1.